The van der Waals surface area contributed by atoms with Crippen molar-refractivity contribution >= 4 is 10.9 Å². The fourth-order valence-corrected chi connectivity index (χ4v) is 3.60. The van der Waals surface area contributed by atoms with Gasteiger partial charge in [0, 0.05) is 48.4 Å². The average molecular weight is 390 g/mol. The lowest BCUT2D eigenvalue weighted by Gasteiger charge is -2.24. The van der Waals surface area contributed by atoms with Gasteiger partial charge in [-0.05, 0) is 43.8 Å². The molecule has 28 heavy (non-hydrogen) atoms. The van der Waals surface area contributed by atoms with Crippen LogP contribution in [-0.4, -0.2) is 34.2 Å². The number of nitrogens with zero attached hydrogens (tertiary/aromatic N) is 3. The summed E-state index contributed by atoms with van der Waals surface area (Å²) in [6.45, 7) is 7.52. The van der Waals surface area contributed by atoms with Gasteiger partial charge >= 0.3 is 6.18 Å². The third-order valence-electron chi connectivity index (χ3n) is 5.17. The first-order valence-electron chi connectivity index (χ1n) is 9.20. The molecule has 0 saturated carbocycles. The molecule has 3 heterocycles. The first-order chi connectivity index (χ1) is 13.2. The molecule has 0 bridgehead atoms. The highest BCUT2D eigenvalue weighted by atomic mass is 19.4. The van der Waals surface area contributed by atoms with Gasteiger partial charge in [0.25, 0.3) is 0 Å². The summed E-state index contributed by atoms with van der Waals surface area (Å²) in [5.41, 5.74) is 10.0. The van der Waals surface area contributed by atoms with Crippen LogP contribution in [0.5, 0.6) is 0 Å². The highest BCUT2D eigenvalue weighted by Crippen LogP contribution is 2.31. The number of hydrogen-bond acceptors (Lipinski definition) is 3. The topological polar surface area (TPSA) is 47.1 Å². The van der Waals surface area contributed by atoms with Crippen molar-refractivity contribution in [3.8, 4) is 0 Å². The third kappa shape index (κ3) is 4.14. The van der Waals surface area contributed by atoms with Crippen LogP contribution in [0.2, 0.25) is 0 Å². The first kappa shape index (κ1) is 20.2. The van der Waals surface area contributed by atoms with Crippen LogP contribution in [0.4, 0.5) is 13.2 Å². The Morgan fingerprint density at radius 3 is 2.79 bits per heavy atom. The molecule has 2 aromatic rings. The molecule has 1 aliphatic heterocycles. The van der Waals surface area contributed by atoms with E-state index in [4.69, 9.17) is 5.73 Å². The number of aryl methyl sites for hydroxylation is 2. The minimum Gasteiger partial charge on any atom is -0.404 e. The van der Waals surface area contributed by atoms with Crippen LogP contribution in [0.1, 0.15) is 23.4 Å². The highest BCUT2D eigenvalue weighted by molar-refractivity contribution is 5.85. The number of rotatable bonds is 5. The number of nitrogens with two attached hydrogens (primary N) is 1. The fraction of sp³-hybridized carbons (Fsp3) is 0.381. The van der Waals surface area contributed by atoms with Crippen molar-refractivity contribution in [1.29, 1.82) is 0 Å². The molecular weight excluding hydrogens is 365 g/mol. The smallest absolute Gasteiger partial charge is 0.404 e. The van der Waals surface area contributed by atoms with Crippen LogP contribution >= 0.6 is 0 Å². The Bertz CT molecular complexity index is 951. The summed E-state index contributed by atoms with van der Waals surface area (Å²) in [4.78, 5) is 6.73. The third-order valence-corrected chi connectivity index (χ3v) is 5.17. The summed E-state index contributed by atoms with van der Waals surface area (Å²) >= 11 is 0. The van der Waals surface area contributed by atoms with E-state index in [1.54, 1.807) is 0 Å². The SMILES string of the molecule is C=C(/C=C\C(=C/N)CCn1c2c(c3cc(C)ncc31)CN(C)CC2)C(F)(F)F. The van der Waals surface area contributed by atoms with E-state index in [1.807, 2.05) is 13.1 Å². The van der Waals surface area contributed by atoms with E-state index in [9.17, 15) is 13.2 Å². The van der Waals surface area contributed by atoms with Crippen LogP contribution < -0.4 is 5.73 Å². The summed E-state index contributed by atoms with van der Waals surface area (Å²) in [6, 6.07) is 2.11. The van der Waals surface area contributed by atoms with E-state index in [1.165, 1.54) is 28.9 Å². The Hall–Kier alpha value is -2.54. The average Bonchev–Trinajstić information content (AvgIpc) is 2.93. The summed E-state index contributed by atoms with van der Waals surface area (Å²) in [6.07, 6.45) is 2.64. The standard InChI is InChI=1S/C21H25F3N4/c1-14(21(22,23)24)4-5-16(11-25)6-9-28-19-7-8-27(3)13-18(19)17-10-15(2)26-12-20(17)28/h4-5,10-12H,1,6-9,13,25H2,2-3H3/b5-4-,16-11+. The normalized spacial score (nSPS) is 16.1. The molecule has 0 aliphatic carbocycles. The molecule has 3 rings (SSSR count). The van der Waals surface area contributed by atoms with Gasteiger partial charge in [0.15, 0.2) is 0 Å². The fourth-order valence-electron chi connectivity index (χ4n) is 3.60. The number of pyridine rings is 1. The zero-order valence-corrected chi connectivity index (χ0v) is 16.2. The highest BCUT2D eigenvalue weighted by Gasteiger charge is 2.29. The van der Waals surface area contributed by atoms with Crippen molar-refractivity contribution in [3.05, 3.63) is 65.3 Å². The Balaban J connectivity index is 1.86. The van der Waals surface area contributed by atoms with E-state index in [2.05, 4.69) is 34.1 Å². The van der Waals surface area contributed by atoms with Crippen LogP contribution in [0, 0.1) is 6.92 Å². The van der Waals surface area contributed by atoms with Gasteiger partial charge in [-0.25, -0.2) is 0 Å². The van der Waals surface area contributed by atoms with E-state index >= 15 is 0 Å². The van der Waals surface area contributed by atoms with Gasteiger partial charge < -0.3 is 15.2 Å². The predicted octanol–water partition coefficient (Wildman–Crippen LogP) is 4.24. The van der Waals surface area contributed by atoms with Gasteiger partial charge in [-0.3, -0.25) is 4.98 Å². The second-order valence-corrected chi connectivity index (χ2v) is 7.26. The number of allylic oxidation sites excluding steroid dienone is 4. The van der Waals surface area contributed by atoms with Gasteiger partial charge in [0.1, 0.15) is 0 Å². The molecule has 2 aromatic heterocycles. The van der Waals surface area contributed by atoms with Crippen LogP contribution in [0.15, 0.2) is 48.3 Å². The second-order valence-electron chi connectivity index (χ2n) is 7.26. The lowest BCUT2D eigenvalue weighted by molar-refractivity contribution is -0.0878. The molecule has 1 aliphatic rings. The van der Waals surface area contributed by atoms with Gasteiger partial charge in [-0.2, -0.15) is 13.2 Å². The Morgan fingerprint density at radius 2 is 2.11 bits per heavy atom. The lowest BCUT2D eigenvalue weighted by Crippen LogP contribution is -2.27. The predicted molar refractivity (Wildman–Crippen MR) is 106 cm³/mol. The summed E-state index contributed by atoms with van der Waals surface area (Å²) in [5.74, 6) is 0. The molecule has 0 aromatic carbocycles. The zero-order valence-electron chi connectivity index (χ0n) is 16.2. The Morgan fingerprint density at radius 1 is 1.36 bits per heavy atom. The molecule has 0 saturated heterocycles. The van der Waals surface area contributed by atoms with Crippen molar-refractivity contribution in [2.75, 3.05) is 13.6 Å². The van der Waals surface area contributed by atoms with Crippen molar-refractivity contribution in [3.63, 3.8) is 0 Å². The minimum atomic E-state index is -4.43. The first-order valence-corrected chi connectivity index (χ1v) is 9.20. The molecule has 0 radical (unpaired) electrons. The molecule has 4 nitrogen and oxygen atoms in total. The monoisotopic (exact) mass is 390 g/mol. The number of halogens is 3. The van der Waals surface area contributed by atoms with Crippen molar-refractivity contribution in [2.24, 2.45) is 5.73 Å². The van der Waals surface area contributed by atoms with Crippen molar-refractivity contribution < 1.29 is 13.2 Å². The van der Waals surface area contributed by atoms with Crippen LogP contribution in [0.3, 0.4) is 0 Å². The molecule has 0 amide bonds. The maximum absolute atomic E-state index is 12.6. The molecule has 0 spiro atoms. The minimum absolute atomic E-state index is 0.526. The Kier molecular flexibility index (Phi) is 5.65. The van der Waals surface area contributed by atoms with E-state index in [0.717, 1.165) is 36.8 Å². The second kappa shape index (κ2) is 7.83. The Labute approximate surface area is 162 Å². The van der Waals surface area contributed by atoms with E-state index in [-0.39, 0.29) is 0 Å². The maximum atomic E-state index is 12.6. The van der Waals surface area contributed by atoms with E-state index in [0.29, 0.717) is 18.5 Å². The molecule has 0 unspecified atom stereocenters. The molecule has 7 heteroatoms. The number of fused-ring (bicyclic) bond motifs is 3. The number of aromatic nitrogens is 2. The number of hydrogen-bond donors (Lipinski definition) is 1. The van der Waals surface area contributed by atoms with Crippen LogP contribution in [0.25, 0.3) is 10.9 Å². The molecule has 150 valence electrons. The van der Waals surface area contributed by atoms with Gasteiger partial charge in [0.2, 0.25) is 0 Å². The largest absolute Gasteiger partial charge is 0.415 e. The molecule has 0 atom stereocenters. The van der Waals surface area contributed by atoms with Crippen molar-refractivity contribution in [2.45, 2.75) is 39.0 Å². The quantitative estimate of drug-likeness (QED) is 0.777. The molecular formula is C21H25F3N4. The number of likely N-dealkylation sites (N-methyl/N-ethyl adjacent to an activating group) is 1. The lowest BCUT2D eigenvalue weighted by atomic mass is 10.1. The van der Waals surface area contributed by atoms with Crippen molar-refractivity contribution in [1.82, 2.24) is 14.5 Å². The van der Waals surface area contributed by atoms with E-state index < -0.39 is 11.7 Å². The van der Waals surface area contributed by atoms with Gasteiger partial charge in [-0.1, -0.05) is 18.7 Å². The summed E-state index contributed by atoms with van der Waals surface area (Å²) in [7, 11) is 2.10. The molecule has 0 fully saturated rings. The maximum Gasteiger partial charge on any atom is 0.415 e. The zero-order chi connectivity index (χ0) is 20.5. The van der Waals surface area contributed by atoms with Gasteiger partial charge in [-0.15, -0.1) is 0 Å². The molecule has 2 N–H and O–H groups in total. The van der Waals surface area contributed by atoms with Crippen LogP contribution in [-0.2, 0) is 19.5 Å². The summed E-state index contributed by atoms with van der Waals surface area (Å²) in [5, 5.41) is 1.20. The summed E-state index contributed by atoms with van der Waals surface area (Å²) < 4.78 is 40.1. The van der Waals surface area contributed by atoms with Gasteiger partial charge in [0.05, 0.1) is 11.7 Å². The number of alkyl halides is 3.